The highest BCUT2D eigenvalue weighted by molar-refractivity contribution is 6.33. The van der Waals surface area contributed by atoms with Gasteiger partial charge >= 0.3 is 0 Å². The molecule has 2 amide bonds. The third kappa shape index (κ3) is 1.01. The first-order chi connectivity index (χ1) is 7.79. The number of aromatic amines is 1. The minimum Gasteiger partial charge on any atom is -0.268 e. The minimum atomic E-state index is -0.377. The van der Waals surface area contributed by atoms with Gasteiger partial charge < -0.3 is 0 Å². The van der Waals surface area contributed by atoms with Gasteiger partial charge in [-0.05, 0) is 12.1 Å². The van der Waals surface area contributed by atoms with E-state index in [1.54, 1.807) is 24.3 Å². The molecule has 2 aromatic rings. The summed E-state index contributed by atoms with van der Waals surface area (Å²) in [6, 6.07) is 6.67. The molecule has 0 saturated carbocycles. The number of hydrogen-bond acceptors (Lipinski definition) is 4. The topological polar surface area (TPSA) is 79.0 Å². The normalized spacial score (nSPS) is 14.4. The molecule has 0 saturated heterocycles. The van der Waals surface area contributed by atoms with Crippen molar-refractivity contribution in [3.05, 3.63) is 41.7 Å². The lowest BCUT2D eigenvalue weighted by atomic mass is 10.1. The number of carbonyl (C=O) groups is 2. The molecule has 0 unspecified atom stereocenters. The van der Waals surface area contributed by atoms with Crippen LogP contribution in [0, 0.1) is 0 Å². The van der Waals surface area contributed by atoms with Crippen molar-refractivity contribution in [3.63, 3.8) is 0 Å². The third-order valence-electron chi connectivity index (χ3n) is 2.41. The van der Waals surface area contributed by atoms with Crippen LogP contribution in [0.25, 0.3) is 0 Å². The van der Waals surface area contributed by atoms with Crippen LogP contribution < -0.4 is 4.90 Å². The van der Waals surface area contributed by atoms with Crippen LogP contribution >= 0.6 is 0 Å². The third-order valence-corrected chi connectivity index (χ3v) is 2.41. The first-order valence-corrected chi connectivity index (χ1v) is 4.62. The van der Waals surface area contributed by atoms with Crippen LogP contribution in [0.4, 0.5) is 5.95 Å². The summed E-state index contributed by atoms with van der Waals surface area (Å²) in [5.41, 5.74) is 0.785. The molecule has 1 aromatic heterocycles. The van der Waals surface area contributed by atoms with Crippen molar-refractivity contribution >= 4 is 17.8 Å². The lowest BCUT2D eigenvalue weighted by Crippen LogP contribution is -2.30. The van der Waals surface area contributed by atoms with Crippen molar-refractivity contribution in [2.45, 2.75) is 0 Å². The van der Waals surface area contributed by atoms with Gasteiger partial charge in [0.1, 0.15) is 6.33 Å². The summed E-state index contributed by atoms with van der Waals surface area (Å²) in [5, 5.41) is 6.11. The molecular formula is C10H6N4O2. The smallest absolute Gasteiger partial charge is 0.268 e. The van der Waals surface area contributed by atoms with Crippen molar-refractivity contribution < 1.29 is 9.59 Å². The number of amides is 2. The lowest BCUT2D eigenvalue weighted by molar-refractivity contribution is 0.0924. The number of imide groups is 1. The number of carbonyl (C=O) groups excluding carboxylic acids is 2. The maximum atomic E-state index is 11.9. The van der Waals surface area contributed by atoms with Crippen molar-refractivity contribution in [1.82, 2.24) is 15.2 Å². The first kappa shape index (κ1) is 8.78. The Kier molecular flexibility index (Phi) is 1.64. The van der Waals surface area contributed by atoms with Crippen LogP contribution in [0.3, 0.4) is 0 Å². The van der Waals surface area contributed by atoms with E-state index >= 15 is 0 Å². The number of fused-ring (bicyclic) bond motifs is 1. The van der Waals surface area contributed by atoms with Gasteiger partial charge in [0.2, 0.25) is 5.95 Å². The fraction of sp³-hybridized carbons (Fsp3) is 0. The van der Waals surface area contributed by atoms with Crippen molar-refractivity contribution in [2.75, 3.05) is 4.90 Å². The fourth-order valence-corrected chi connectivity index (χ4v) is 1.69. The molecule has 78 valence electrons. The van der Waals surface area contributed by atoms with Crippen LogP contribution in [0.1, 0.15) is 20.7 Å². The van der Waals surface area contributed by atoms with Gasteiger partial charge in [-0.3, -0.25) is 9.59 Å². The highest BCUT2D eigenvalue weighted by Gasteiger charge is 2.37. The van der Waals surface area contributed by atoms with Crippen LogP contribution in [-0.4, -0.2) is 27.0 Å². The van der Waals surface area contributed by atoms with Crippen LogP contribution in [-0.2, 0) is 0 Å². The molecule has 6 heteroatoms. The highest BCUT2D eigenvalue weighted by Crippen LogP contribution is 2.24. The largest absolute Gasteiger partial charge is 0.268 e. The molecule has 6 nitrogen and oxygen atoms in total. The quantitative estimate of drug-likeness (QED) is 0.705. The zero-order valence-corrected chi connectivity index (χ0v) is 8.04. The second-order valence-corrected chi connectivity index (χ2v) is 3.30. The molecule has 0 radical (unpaired) electrons. The Bertz CT molecular complexity index is 541. The van der Waals surface area contributed by atoms with Gasteiger partial charge in [0, 0.05) is 0 Å². The summed E-state index contributed by atoms with van der Waals surface area (Å²) in [6.45, 7) is 0. The van der Waals surface area contributed by atoms with Gasteiger partial charge in [0.15, 0.2) is 0 Å². The Labute approximate surface area is 89.9 Å². The average Bonchev–Trinajstić information content (AvgIpc) is 2.89. The van der Waals surface area contributed by atoms with E-state index in [2.05, 4.69) is 15.2 Å². The van der Waals surface area contributed by atoms with Crippen LogP contribution in [0.2, 0.25) is 0 Å². The van der Waals surface area contributed by atoms with Gasteiger partial charge in [-0.25, -0.2) is 10.00 Å². The summed E-state index contributed by atoms with van der Waals surface area (Å²) in [5.74, 6) is -0.610. The van der Waals surface area contributed by atoms with Gasteiger partial charge in [0.05, 0.1) is 11.1 Å². The Morgan fingerprint density at radius 2 is 1.69 bits per heavy atom. The highest BCUT2D eigenvalue weighted by atomic mass is 16.2. The van der Waals surface area contributed by atoms with E-state index in [9.17, 15) is 9.59 Å². The number of anilines is 1. The maximum absolute atomic E-state index is 11.9. The van der Waals surface area contributed by atoms with Gasteiger partial charge in [0.25, 0.3) is 11.8 Å². The predicted octanol–water partition coefficient (Wildman–Crippen LogP) is 0.605. The maximum Gasteiger partial charge on any atom is 0.268 e. The number of H-pyrrole nitrogens is 1. The minimum absolute atomic E-state index is 0.145. The zero-order chi connectivity index (χ0) is 11.1. The van der Waals surface area contributed by atoms with Crippen LogP contribution in [0.5, 0.6) is 0 Å². The molecular weight excluding hydrogens is 208 g/mol. The number of nitrogens with zero attached hydrogens (tertiary/aromatic N) is 3. The molecule has 2 heterocycles. The fourth-order valence-electron chi connectivity index (χ4n) is 1.69. The van der Waals surface area contributed by atoms with E-state index in [1.165, 1.54) is 6.33 Å². The SMILES string of the molecule is O=C1c2ccccc2C(=O)N1c1ncn[nH]1. The number of hydrogen-bond donors (Lipinski definition) is 1. The molecule has 0 fully saturated rings. The monoisotopic (exact) mass is 214 g/mol. The number of aromatic nitrogens is 3. The molecule has 16 heavy (non-hydrogen) atoms. The average molecular weight is 214 g/mol. The molecule has 1 aliphatic rings. The molecule has 1 aromatic carbocycles. The van der Waals surface area contributed by atoms with Crippen molar-refractivity contribution in [3.8, 4) is 0 Å². The summed E-state index contributed by atoms with van der Waals surface area (Å²) in [7, 11) is 0. The zero-order valence-electron chi connectivity index (χ0n) is 8.04. The Morgan fingerprint density at radius 3 is 2.19 bits per heavy atom. The number of benzene rings is 1. The summed E-state index contributed by atoms with van der Waals surface area (Å²) in [4.78, 5) is 28.6. The molecule has 0 bridgehead atoms. The van der Waals surface area contributed by atoms with Gasteiger partial charge in [-0.15, -0.1) is 0 Å². The Morgan fingerprint density at radius 1 is 1.06 bits per heavy atom. The summed E-state index contributed by atoms with van der Waals surface area (Å²) >= 11 is 0. The molecule has 1 aliphatic heterocycles. The Balaban J connectivity index is 2.15. The van der Waals surface area contributed by atoms with Crippen molar-refractivity contribution in [1.29, 1.82) is 0 Å². The van der Waals surface area contributed by atoms with E-state index < -0.39 is 0 Å². The summed E-state index contributed by atoms with van der Waals surface area (Å²) in [6.07, 6.45) is 1.25. The molecule has 0 spiro atoms. The molecule has 0 atom stereocenters. The number of rotatable bonds is 1. The Hall–Kier alpha value is -2.50. The molecule has 3 rings (SSSR count). The van der Waals surface area contributed by atoms with E-state index in [0.717, 1.165) is 4.90 Å². The van der Waals surface area contributed by atoms with Gasteiger partial charge in [-0.2, -0.15) is 10.1 Å². The van der Waals surface area contributed by atoms with E-state index in [-0.39, 0.29) is 17.8 Å². The first-order valence-electron chi connectivity index (χ1n) is 4.62. The molecule has 0 aliphatic carbocycles. The van der Waals surface area contributed by atoms with Crippen LogP contribution in [0.15, 0.2) is 30.6 Å². The second-order valence-electron chi connectivity index (χ2n) is 3.30. The standard InChI is InChI=1S/C10H6N4O2/c15-8-6-3-1-2-4-7(6)9(16)14(8)10-11-5-12-13-10/h1-5H,(H,11,12,13). The van der Waals surface area contributed by atoms with E-state index in [4.69, 9.17) is 0 Å². The predicted molar refractivity (Wildman–Crippen MR) is 54.0 cm³/mol. The van der Waals surface area contributed by atoms with Gasteiger partial charge in [-0.1, -0.05) is 12.1 Å². The molecule has 1 N–H and O–H groups in total. The second kappa shape index (κ2) is 2.99. The summed E-state index contributed by atoms with van der Waals surface area (Å²) < 4.78 is 0. The van der Waals surface area contributed by atoms with E-state index in [1.807, 2.05) is 0 Å². The number of nitrogens with one attached hydrogen (secondary N) is 1. The lowest BCUT2D eigenvalue weighted by Gasteiger charge is -2.07. The van der Waals surface area contributed by atoms with E-state index in [0.29, 0.717) is 11.1 Å². The van der Waals surface area contributed by atoms with Crippen molar-refractivity contribution in [2.24, 2.45) is 0 Å².